The zero-order valence-electron chi connectivity index (χ0n) is 42.9. The number of hydrazine groups is 1. The van der Waals surface area contributed by atoms with Crippen LogP contribution < -0.4 is 17.0 Å². The molecule has 2 aromatic heterocycles. The Balaban J connectivity index is 0.000000221. The van der Waals surface area contributed by atoms with Gasteiger partial charge in [-0.1, -0.05) is 186 Å². The minimum atomic E-state index is -0.330. The molecule has 0 saturated heterocycles. The molecular formula is C65H73N5. The van der Waals surface area contributed by atoms with Crippen molar-refractivity contribution in [3.05, 3.63) is 239 Å². The Labute approximate surface area is 418 Å². The molecule has 0 radical (unpaired) electrons. The number of fused-ring (bicyclic) bond motifs is 6. The molecule has 1 unspecified atom stereocenters. The SMILES string of the molecule is CC.CC.CCc1cccc(-n2c3c(c4ccccc42)C=C(c2ccc4c5ccccc5n(-c5ccccc5)c4c2)CC3)c1.C\C=C/C(=C\C)C(/C)=C/C.NNC(N)c1cccc(-c2ccccc2)c1. The van der Waals surface area contributed by atoms with E-state index in [4.69, 9.17) is 11.6 Å². The molecule has 2 heterocycles. The molecule has 7 aromatic carbocycles. The van der Waals surface area contributed by atoms with Crippen LogP contribution in [0.1, 0.15) is 103 Å². The maximum atomic E-state index is 5.81. The van der Waals surface area contributed by atoms with Crippen molar-refractivity contribution >= 4 is 44.4 Å². The number of aromatic nitrogens is 2. The highest BCUT2D eigenvalue weighted by Gasteiger charge is 2.22. The van der Waals surface area contributed by atoms with E-state index >= 15 is 0 Å². The van der Waals surface area contributed by atoms with Gasteiger partial charge in [0.25, 0.3) is 0 Å². The van der Waals surface area contributed by atoms with Gasteiger partial charge in [-0.05, 0) is 146 Å². The minimum absolute atomic E-state index is 0.330. The summed E-state index contributed by atoms with van der Waals surface area (Å²) >= 11 is 0. The molecule has 1 atom stereocenters. The van der Waals surface area contributed by atoms with Crippen LogP contribution in [0.3, 0.4) is 0 Å². The largest absolute Gasteiger partial charge is 0.313 e. The van der Waals surface area contributed by atoms with Crippen molar-refractivity contribution in [3.8, 4) is 22.5 Å². The molecule has 0 saturated carbocycles. The molecule has 9 aromatic rings. The van der Waals surface area contributed by atoms with E-state index in [9.17, 15) is 0 Å². The summed E-state index contributed by atoms with van der Waals surface area (Å²) in [4.78, 5) is 0. The van der Waals surface area contributed by atoms with Crippen LogP contribution in [0.15, 0.2) is 211 Å². The Morgan fingerprint density at radius 1 is 0.571 bits per heavy atom. The van der Waals surface area contributed by atoms with E-state index in [0.717, 1.165) is 30.4 Å². The second-order valence-corrected chi connectivity index (χ2v) is 16.7. The summed E-state index contributed by atoms with van der Waals surface area (Å²) < 4.78 is 4.91. The van der Waals surface area contributed by atoms with Gasteiger partial charge in [0, 0.05) is 38.8 Å². The number of aryl methyl sites for hydroxylation is 1. The van der Waals surface area contributed by atoms with Crippen molar-refractivity contribution in [3.63, 3.8) is 0 Å². The topological polar surface area (TPSA) is 73.9 Å². The van der Waals surface area contributed by atoms with Crippen molar-refractivity contribution in [2.45, 2.75) is 87.7 Å². The first-order chi connectivity index (χ1) is 34.4. The van der Waals surface area contributed by atoms with Gasteiger partial charge in [-0.15, -0.1) is 0 Å². The Morgan fingerprint density at radius 3 is 1.83 bits per heavy atom. The van der Waals surface area contributed by atoms with E-state index in [2.05, 4.69) is 212 Å². The van der Waals surface area contributed by atoms with Gasteiger partial charge in [-0.25, -0.2) is 5.43 Å². The van der Waals surface area contributed by atoms with Crippen LogP contribution in [-0.2, 0) is 12.8 Å². The molecule has 70 heavy (non-hydrogen) atoms. The maximum absolute atomic E-state index is 5.81. The quantitative estimate of drug-likeness (QED) is 0.0584. The summed E-state index contributed by atoms with van der Waals surface area (Å²) in [7, 11) is 0. The number of benzene rings is 7. The molecule has 0 bridgehead atoms. The van der Waals surface area contributed by atoms with Crippen LogP contribution in [0.4, 0.5) is 0 Å². The van der Waals surface area contributed by atoms with E-state index < -0.39 is 0 Å². The van der Waals surface area contributed by atoms with Crippen LogP contribution in [0, 0.1) is 0 Å². The van der Waals surface area contributed by atoms with Gasteiger partial charge < -0.3 is 14.9 Å². The van der Waals surface area contributed by atoms with Crippen LogP contribution in [0.2, 0.25) is 0 Å². The molecule has 0 aliphatic heterocycles. The molecule has 0 fully saturated rings. The lowest BCUT2D eigenvalue weighted by molar-refractivity contribution is 0.577. The highest BCUT2D eigenvalue weighted by Crippen LogP contribution is 2.40. The van der Waals surface area contributed by atoms with Crippen LogP contribution in [0.5, 0.6) is 0 Å². The van der Waals surface area contributed by atoms with Crippen molar-refractivity contribution in [1.29, 1.82) is 0 Å². The first kappa shape index (κ1) is 52.1. The average molecular weight is 924 g/mol. The lowest BCUT2D eigenvalue weighted by atomic mass is 9.91. The molecule has 10 rings (SSSR count). The Morgan fingerprint density at radius 2 is 1.17 bits per heavy atom. The van der Waals surface area contributed by atoms with E-state index in [1.54, 1.807) is 0 Å². The predicted octanol–water partition coefficient (Wildman–Crippen LogP) is 17.1. The first-order valence-corrected chi connectivity index (χ1v) is 25.2. The average Bonchev–Trinajstić information content (AvgIpc) is 3.96. The lowest BCUT2D eigenvalue weighted by Gasteiger charge is -2.18. The van der Waals surface area contributed by atoms with E-state index in [1.165, 1.54) is 88.8 Å². The lowest BCUT2D eigenvalue weighted by Crippen LogP contribution is -2.34. The summed E-state index contributed by atoms with van der Waals surface area (Å²) in [5, 5.41) is 3.92. The summed E-state index contributed by atoms with van der Waals surface area (Å²) in [5.41, 5.74) is 27.4. The molecule has 358 valence electrons. The number of rotatable bonds is 9. The van der Waals surface area contributed by atoms with Gasteiger partial charge in [0.15, 0.2) is 0 Å². The van der Waals surface area contributed by atoms with Gasteiger partial charge in [0.2, 0.25) is 0 Å². The second-order valence-electron chi connectivity index (χ2n) is 16.7. The maximum Gasteiger partial charge on any atom is 0.0936 e. The van der Waals surface area contributed by atoms with Gasteiger partial charge in [0.05, 0.1) is 22.7 Å². The fraction of sp³-hybridized carbons (Fsp3) is 0.200. The smallest absolute Gasteiger partial charge is 0.0936 e. The van der Waals surface area contributed by atoms with Gasteiger partial charge in [-0.3, -0.25) is 5.84 Å². The third-order valence-corrected chi connectivity index (χ3v) is 12.7. The highest BCUT2D eigenvalue weighted by atomic mass is 15.3. The summed E-state index contributed by atoms with van der Waals surface area (Å²) in [6, 6.07) is 62.6. The zero-order chi connectivity index (χ0) is 50.0. The summed E-state index contributed by atoms with van der Waals surface area (Å²) in [5.74, 6) is 5.32. The number of nitrogens with two attached hydrogens (primary N) is 2. The van der Waals surface area contributed by atoms with Crippen molar-refractivity contribution in [2.24, 2.45) is 11.6 Å². The highest BCUT2D eigenvalue weighted by molar-refractivity contribution is 6.10. The molecule has 5 heteroatoms. The van der Waals surface area contributed by atoms with E-state index in [0.29, 0.717) is 0 Å². The summed E-state index contributed by atoms with van der Waals surface area (Å²) in [6.07, 6.45) is 13.6. The second kappa shape index (κ2) is 25.9. The third kappa shape index (κ3) is 11.8. The molecule has 5 nitrogen and oxygen atoms in total. The number of para-hydroxylation sites is 3. The van der Waals surface area contributed by atoms with Crippen molar-refractivity contribution in [1.82, 2.24) is 14.6 Å². The molecule has 1 aliphatic rings. The normalized spacial score (nSPS) is 12.6. The van der Waals surface area contributed by atoms with Crippen LogP contribution in [0.25, 0.3) is 66.9 Å². The standard InChI is InChI=1S/C38H30N2.C13H15N3.C10H16.2C2H6/c1-2-26-11-10-14-30(23-26)40-36-18-9-7-16-32(36)34-24-27(20-22-37(34)40)28-19-21-33-31-15-6-8-17-35(31)39(38(33)25-28)29-12-4-3-5-13-29;14-13(16-15)12-8-4-7-11(9-12)10-5-2-1-3-6-10;1-5-8-10(7-3)9(4)6-2;2*1-2/h3-19,21,23-25H,2,20,22H2,1H3;1-9,13,16H,14-15H2;5-8H,1-4H3;2*1-2H3/b;;8-5-,9-6+,10-7+;;. The Hall–Kier alpha value is -7.28. The Kier molecular flexibility index (Phi) is 19.3. The first-order valence-electron chi connectivity index (χ1n) is 25.2. The number of hydrogen-bond donors (Lipinski definition) is 3. The van der Waals surface area contributed by atoms with Gasteiger partial charge in [0.1, 0.15) is 0 Å². The fourth-order valence-corrected chi connectivity index (χ4v) is 9.13. The molecular weight excluding hydrogens is 851 g/mol. The third-order valence-electron chi connectivity index (χ3n) is 12.7. The Bertz CT molecular complexity index is 3210. The summed E-state index contributed by atoms with van der Waals surface area (Å²) in [6.45, 7) is 18.5. The molecule has 5 N–H and O–H groups in total. The van der Waals surface area contributed by atoms with E-state index in [1.807, 2.05) is 71.0 Å². The van der Waals surface area contributed by atoms with Crippen LogP contribution in [-0.4, -0.2) is 9.13 Å². The number of hydrogen-bond acceptors (Lipinski definition) is 3. The molecule has 0 spiro atoms. The molecule has 0 amide bonds. The monoisotopic (exact) mass is 924 g/mol. The van der Waals surface area contributed by atoms with Crippen molar-refractivity contribution in [2.75, 3.05) is 0 Å². The predicted molar refractivity (Wildman–Crippen MR) is 306 cm³/mol. The van der Waals surface area contributed by atoms with Gasteiger partial charge >= 0.3 is 0 Å². The number of nitrogens with one attached hydrogen (secondary N) is 1. The minimum Gasteiger partial charge on any atom is -0.313 e. The van der Waals surface area contributed by atoms with Gasteiger partial charge in [-0.2, -0.15) is 0 Å². The molecule has 1 aliphatic carbocycles. The zero-order valence-corrected chi connectivity index (χ0v) is 42.9. The fourth-order valence-electron chi connectivity index (χ4n) is 9.13. The number of nitrogens with zero attached hydrogens (tertiary/aromatic N) is 2. The van der Waals surface area contributed by atoms with Crippen LogP contribution >= 0.6 is 0 Å². The van der Waals surface area contributed by atoms with E-state index in [-0.39, 0.29) is 6.17 Å². The van der Waals surface area contributed by atoms with Crippen molar-refractivity contribution < 1.29 is 0 Å². The number of allylic oxidation sites excluding steroid dienone is 7.